The van der Waals surface area contributed by atoms with Crippen molar-refractivity contribution in [3.8, 4) is 5.75 Å². The molecule has 0 spiro atoms. The molecule has 6 heteroatoms. The van der Waals surface area contributed by atoms with Gasteiger partial charge in [0.1, 0.15) is 5.75 Å². The predicted molar refractivity (Wildman–Crippen MR) is 100 cm³/mol. The van der Waals surface area contributed by atoms with Crippen molar-refractivity contribution in [2.75, 3.05) is 5.32 Å². The zero-order valence-corrected chi connectivity index (χ0v) is 15.2. The maximum atomic E-state index is 12.1. The van der Waals surface area contributed by atoms with Crippen molar-refractivity contribution in [1.82, 2.24) is 5.32 Å². The van der Waals surface area contributed by atoms with Crippen molar-refractivity contribution < 1.29 is 9.53 Å². The largest absolute Gasteiger partial charge is 0.491 e. The molecule has 0 heterocycles. The Morgan fingerprint density at radius 3 is 2.61 bits per heavy atom. The number of halogens is 1. The lowest BCUT2D eigenvalue weighted by atomic mass is 10.2. The minimum atomic E-state index is -0.265. The van der Waals surface area contributed by atoms with E-state index in [4.69, 9.17) is 17.0 Å². The van der Waals surface area contributed by atoms with Gasteiger partial charge in [-0.05, 0) is 56.4 Å². The fourth-order valence-electron chi connectivity index (χ4n) is 1.89. The third-order valence-corrected chi connectivity index (χ3v) is 3.47. The number of ether oxygens (including phenoxy) is 1. The van der Waals surface area contributed by atoms with Crippen LogP contribution in [0.4, 0.5) is 5.69 Å². The lowest BCUT2D eigenvalue weighted by Gasteiger charge is -2.13. The number of nitrogens with one attached hydrogen (secondary N) is 2. The molecule has 0 radical (unpaired) electrons. The highest BCUT2D eigenvalue weighted by molar-refractivity contribution is 9.10. The Kier molecular flexibility index (Phi) is 6.12. The number of thiocarbonyl (C=S) groups is 1. The average molecular weight is 393 g/mol. The van der Waals surface area contributed by atoms with Gasteiger partial charge in [-0.25, -0.2) is 0 Å². The fourth-order valence-corrected chi connectivity index (χ4v) is 2.50. The van der Waals surface area contributed by atoms with E-state index in [0.717, 1.165) is 15.9 Å². The number of amides is 1. The van der Waals surface area contributed by atoms with E-state index in [1.54, 1.807) is 18.2 Å². The van der Waals surface area contributed by atoms with Gasteiger partial charge in [-0.2, -0.15) is 0 Å². The van der Waals surface area contributed by atoms with Gasteiger partial charge in [0, 0.05) is 21.8 Å². The van der Waals surface area contributed by atoms with Crippen LogP contribution in [0.15, 0.2) is 53.0 Å². The monoisotopic (exact) mass is 392 g/mol. The van der Waals surface area contributed by atoms with Gasteiger partial charge in [-0.3, -0.25) is 10.1 Å². The minimum absolute atomic E-state index is 0.0911. The Hall–Kier alpha value is -1.92. The quantitative estimate of drug-likeness (QED) is 0.758. The second-order valence-corrected chi connectivity index (χ2v) is 6.44. The van der Waals surface area contributed by atoms with Gasteiger partial charge in [0.15, 0.2) is 5.11 Å². The zero-order valence-electron chi connectivity index (χ0n) is 12.8. The molecule has 2 N–H and O–H groups in total. The van der Waals surface area contributed by atoms with Crippen molar-refractivity contribution in [2.24, 2.45) is 0 Å². The van der Waals surface area contributed by atoms with E-state index in [2.05, 4.69) is 26.6 Å². The highest BCUT2D eigenvalue weighted by Gasteiger charge is 2.08. The van der Waals surface area contributed by atoms with E-state index >= 15 is 0 Å². The Morgan fingerprint density at radius 1 is 1.17 bits per heavy atom. The Morgan fingerprint density at radius 2 is 1.91 bits per heavy atom. The highest BCUT2D eigenvalue weighted by Crippen LogP contribution is 2.18. The standard InChI is InChI=1S/C17H17BrN2O2S/c1-11(2)22-15-8-4-7-14(10-15)19-17(23)20-16(21)12-5-3-6-13(18)9-12/h3-11H,1-2H3,(H2,19,20,21,23). The topological polar surface area (TPSA) is 50.4 Å². The summed E-state index contributed by atoms with van der Waals surface area (Å²) in [5, 5.41) is 5.86. The number of carbonyl (C=O) groups is 1. The highest BCUT2D eigenvalue weighted by atomic mass is 79.9. The van der Waals surface area contributed by atoms with E-state index in [1.807, 2.05) is 44.2 Å². The lowest BCUT2D eigenvalue weighted by Crippen LogP contribution is -2.34. The van der Waals surface area contributed by atoms with Crippen LogP contribution >= 0.6 is 28.1 Å². The SMILES string of the molecule is CC(C)Oc1cccc(NC(=S)NC(=O)c2cccc(Br)c2)c1. The van der Waals surface area contributed by atoms with Crippen molar-refractivity contribution in [1.29, 1.82) is 0 Å². The number of carbonyl (C=O) groups excluding carboxylic acids is 1. The first-order chi connectivity index (χ1) is 10.9. The third kappa shape index (κ3) is 5.65. The van der Waals surface area contributed by atoms with E-state index in [-0.39, 0.29) is 17.1 Å². The summed E-state index contributed by atoms with van der Waals surface area (Å²) in [6.07, 6.45) is 0.0911. The second kappa shape index (κ2) is 8.08. The maximum Gasteiger partial charge on any atom is 0.257 e. The van der Waals surface area contributed by atoms with E-state index in [9.17, 15) is 4.79 Å². The van der Waals surface area contributed by atoms with Crippen LogP contribution in [0.2, 0.25) is 0 Å². The van der Waals surface area contributed by atoms with Gasteiger partial charge >= 0.3 is 0 Å². The molecular formula is C17H17BrN2O2S. The van der Waals surface area contributed by atoms with E-state index in [0.29, 0.717) is 5.56 Å². The molecule has 0 saturated carbocycles. The molecule has 0 unspecified atom stereocenters. The predicted octanol–water partition coefficient (Wildman–Crippen LogP) is 4.36. The first kappa shape index (κ1) is 17.4. The summed E-state index contributed by atoms with van der Waals surface area (Å²) >= 11 is 8.52. The van der Waals surface area contributed by atoms with E-state index in [1.165, 1.54) is 0 Å². The molecule has 1 amide bonds. The van der Waals surface area contributed by atoms with Crippen molar-refractivity contribution in [3.63, 3.8) is 0 Å². The summed E-state index contributed by atoms with van der Waals surface area (Å²) in [5.41, 5.74) is 1.28. The molecule has 0 fully saturated rings. The molecule has 120 valence electrons. The van der Waals surface area contributed by atoms with Crippen LogP contribution in [0.1, 0.15) is 24.2 Å². The first-order valence-electron chi connectivity index (χ1n) is 7.08. The molecule has 0 aliphatic carbocycles. The summed E-state index contributed by atoms with van der Waals surface area (Å²) < 4.78 is 6.46. The van der Waals surface area contributed by atoms with Crippen LogP contribution in [0.3, 0.4) is 0 Å². The van der Waals surface area contributed by atoms with Crippen LogP contribution < -0.4 is 15.4 Å². The fraction of sp³-hybridized carbons (Fsp3) is 0.176. The molecule has 2 aromatic carbocycles. The number of benzene rings is 2. The smallest absolute Gasteiger partial charge is 0.257 e. The summed E-state index contributed by atoms with van der Waals surface area (Å²) in [5.74, 6) is 0.476. The normalized spacial score (nSPS) is 10.3. The molecular weight excluding hydrogens is 376 g/mol. The van der Waals surface area contributed by atoms with Gasteiger partial charge < -0.3 is 10.1 Å². The first-order valence-corrected chi connectivity index (χ1v) is 8.29. The van der Waals surface area contributed by atoms with Crippen LogP contribution in [0, 0.1) is 0 Å². The number of hydrogen-bond acceptors (Lipinski definition) is 3. The average Bonchev–Trinajstić information content (AvgIpc) is 2.46. The Labute approximate surface area is 149 Å². The molecule has 23 heavy (non-hydrogen) atoms. The van der Waals surface area contributed by atoms with Crippen molar-refractivity contribution in [2.45, 2.75) is 20.0 Å². The number of rotatable bonds is 4. The Bertz CT molecular complexity index is 719. The van der Waals surface area contributed by atoms with Crippen molar-refractivity contribution >= 4 is 44.9 Å². The number of hydrogen-bond donors (Lipinski definition) is 2. The maximum absolute atomic E-state index is 12.1. The van der Waals surface area contributed by atoms with E-state index < -0.39 is 0 Å². The lowest BCUT2D eigenvalue weighted by molar-refractivity contribution is 0.0977. The van der Waals surface area contributed by atoms with Gasteiger partial charge in [0.05, 0.1) is 6.10 Å². The van der Waals surface area contributed by atoms with Gasteiger partial charge in [-0.15, -0.1) is 0 Å². The van der Waals surface area contributed by atoms with Crippen molar-refractivity contribution in [3.05, 3.63) is 58.6 Å². The Balaban J connectivity index is 1.98. The minimum Gasteiger partial charge on any atom is -0.491 e. The summed E-state index contributed by atoms with van der Waals surface area (Å²) in [6, 6.07) is 14.5. The molecule has 0 aliphatic heterocycles. The molecule has 0 atom stereocenters. The molecule has 0 saturated heterocycles. The van der Waals surface area contributed by atoms with Gasteiger partial charge in [0.25, 0.3) is 5.91 Å². The summed E-state index contributed by atoms with van der Waals surface area (Å²) in [6.45, 7) is 3.92. The summed E-state index contributed by atoms with van der Waals surface area (Å²) in [7, 11) is 0. The molecule has 2 aromatic rings. The summed E-state index contributed by atoms with van der Waals surface area (Å²) in [4.78, 5) is 12.1. The third-order valence-electron chi connectivity index (χ3n) is 2.78. The number of anilines is 1. The zero-order chi connectivity index (χ0) is 16.8. The van der Waals surface area contributed by atoms with Gasteiger partial charge in [-0.1, -0.05) is 28.1 Å². The molecule has 2 rings (SSSR count). The van der Waals surface area contributed by atoms with Crippen LogP contribution in [-0.2, 0) is 0 Å². The van der Waals surface area contributed by atoms with Crippen LogP contribution in [0.5, 0.6) is 5.75 Å². The second-order valence-electron chi connectivity index (χ2n) is 5.11. The van der Waals surface area contributed by atoms with Gasteiger partial charge in [0.2, 0.25) is 0 Å². The molecule has 0 bridgehead atoms. The molecule has 4 nitrogen and oxygen atoms in total. The van der Waals surface area contributed by atoms with Crippen LogP contribution in [-0.4, -0.2) is 17.1 Å². The molecule has 0 aromatic heterocycles. The van der Waals surface area contributed by atoms with Crippen LogP contribution in [0.25, 0.3) is 0 Å². The molecule has 0 aliphatic rings.